The van der Waals surface area contributed by atoms with E-state index in [9.17, 15) is 4.79 Å². The van der Waals surface area contributed by atoms with Gasteiger partial charge in [-0.15, -0.1) is 0 Å². The van der Waals surface area contributed by atoms with Gasteiger partial charge in [-0.05, 0) is 32.3 Å². The second-order valence-electron chi connectivity index (χ2n) is 4.33. The minimum Gasteiger partial charge on any atom is -0.302 e. The average Bonchev–Trinajstić information content (AvgIpc) is 2.84. The number of rotatable bonds is 3. The zero-order chi connectivity index (χ0) is 13.9. The fourth-order valence-corrected chi connectivity index (χ4v) is 3.22. The third-order valence-corrected chi connectivity index (χ3v) is 4.35. The monoisotopic (exact) mass is 346 g/mol. The second-order valence-corrected chi connectivity index (χ2v) is 6.74. The molecule has 3 rings (SSSR count). The van der Waals surface area contributed by atoms with Gasteiger partial charge in [0.2, 0.25) is 5.91 Å². The zero-order valence-corrected chi connectivity index (χ0v) is 12.9. The molecule has 0 saturated heterocycles. The molecule has 0 saturated carbocycles. The first-order valence-electron chi connectivity index (χ1n) is 6.10. The van der Waals surface area contributed by atoms with Crippen molar-refractivity contribution in [1.82, 2.24) is 4.98 Å². The van der Waals surface area contributed by atoms with Gasteiger partial charge < -0.3 is 5.32 Å². The molecule has 20 heavy (non-hydrogen) atoms. The van der Waals surface area contributed by atoms with Crippen molar-refractivity contribution in [3.63, 3.8) is 0 Å². The fraction of sp³-hybridized carbons (Fsp3) is 0.0667. The summed E-state index contributed by atoms with van der Waals surface area (Å²) in [7, 11) is 0. The summed E-state index contributed by atoms with van der Waals surface area (Å²) in [5.74, 6) is -0.0526. The molecule has 5 heteroatoms. The van der Waals surface area contributed by atoms with Crippen LogP contribution in [0, 0.1) is 0 Å². The number of aromatic nitrogens is 1. The summed E-state index contributed by atoms with van der Waals surface area (Å²) >= 11 is 4.73. The van der Waals surface area contributed by atoms with Gasteiger partial charge in [0, 0.05) is 0 Å². The van der Waals surface area contributed by atoms with E-state index in [1.165, 1.54) is 11.3 Å². The van der Waals surface area contributed by atoms with E-state index in [1.807, 2.05) is 30.3 Å². The molecular formula is C15H11BrN2OS. The van der Waals surface area contributed by atoms with Gasteiger partial charge in [-0.1, -0.05) is 53.8 Å². The number of nitrogens with zero attached hydrogens (tertiary/aromatic N) is 1. The molecule has 1 amide bonds. The molecule has 100 valence electrons. The highest BCUT2D eigenvalue weighted by Crippen LogP contribution is 2.24. The Morgan fingerprint density at radius 1 is 1.20 bits per heavy atom. The molecule has 0 unspecified atom stereocenters. The van der Waals surface area contributed by atoms with Crippen molar-refractivity contribution in [2.75, 3.05) is 5.32 Å². The molecule has 1 aromatic heterocycles. The topological polar surface area (TPSA) is 42.0 Å². The summed E-state index contributed by atoms with van der Waals surface area (Å²) in [5.41, 5.74) is 1.02. The Bertz CT molecular complexity index is 764. The van der Waals surface area contributed by atoms with Crippen molar-refractivity contribution in [3.8, 4) is 0 Å². The van der Waals surface area contributed by atoms with Crippen molar-refractivity contribution in [2.45, 2.75) is 6.42 Å². The van der Waals surface area contributed by atoms with Crippen LogP contribution >= 0.6 is 27.3 Å². The van der Waals surface area contributed by atoms with Crippen LogP contribution in [0.1, 0.15) is 5.56 Å². The zero-order valence-electron chi connectivity index (χ0n) is 10.5. The first-order chi connectivity index (χ1) is 9.72. The highest BCUT2D eigenvalue weighted by atomic mass is 79.9. The van der Waals surface area contributed by atoms with Crippen LogP contribution in [0.15, 0.2) is 52.4 Å². The molecule has 0 bridgehead atoms. The molecule has 1 N–H and O–H groups in total. The van der Waals surface area contributed by atoms with Crippen molar-refractivity contribution < 1.29 is 4.79 Å². The number of carbonyl (C=O) groups excluding carboxylic acids is 1. The van der Waals surface area contributed by atoms with Crippen LogP contribution in [0.2, 0.25) is 0 Å². The van der Waals surface area contributed by atoms with Gasteiger partial charge in [-0.25, -0.2) is 4.98 Å². The van der Waals surface area contributed by atoms with E-state index in [4.69, 9.17) is 0 Å². The summed E-state index contributed by atoms with van der Waals surface area (Å²) in [6.45, 7) is 0. The Hall–Kier alpha value is -1.72. The first-order valence-corrected chi connectivity index (χ1v) is 7.71. The van der Waals surface area contributed by atoms with Gasteiger partial charge in [0.05, 0.1) is 16.4 Å². The lowest BCUT2D eigenvalue weighted by Gasteiger charge is -2.06. The van der Waals surface area contributed by atoms with Crippen molar-refractivity contribution >= 4 is 49.1 Å². The Kier molecular flexibility index (Phi) is 3.80. The number of carbonyl (C=O) groups is 1. The summed E-state index contributed by atoms with van der Waals surface area (Å²) < 4.78 is 0.901. The maximum Gasteiger partial charge on any atom is 0.230 e. The lowest BCUT2D eigenvalue weighted by Crippen LogP contribution is -2.14. The normalized spacial score (nSPS) is 10.7. The van der Waals surface area contributed by atoms with Crippen LogP contribution in [0.4, 0.5) is 5.13 Å². The number of thiazole rings is 1. The largest absolute Gasteiger partial charge is 0.302 e. The number of halogens is 1. The Morgan fingerprint density at radius 3 is 2.80 bits per heavy atom. The quantitative estimate of drug-likeness (QED) is 0.770. The standard InChI is InChI=1S/C15H11BrN2OS/c16-13-9-17-15(20-13)18-14(19)8-11-6-3-5-10-4-1-2-7-12(10)11/h1-7,9H,8H2,(H,17,18,19). The third-order valence-electron chi connectivity index (χ3n) is 2.95. The lowest BCUT2D eigenvalue weighted by atomic mass is 10.0. The number of benzene rings is 2. The van der Waals surface area contributed by atoms with Crippen LogP contribution in [0.25, 0.3) is 10.8 Å². The Labute approximate surface area is 128 Å². The number of amides is 1. The summed E-state index contributed by atoms with van der Waals surface area (Å²) in [6, 6.07) is 14.1. The molecule has 0 radical (unpaired) electrons. The van der Waals surface area contributed by atoms with Crippen LogP contribution in [-0.4, -0.2) is 10.9 Å². The van der Waals surface area contributed by atoms with Gasteiger partial charge >= 0.3 is 0 Å². The molecule has 0 atom stereocenters. The Balaban J connectivity index is 1.81. The van der Waals surface area contributed by atoms with Crippen LogP contribution in [0.5, 0.6) is 0 Å². The average molecular weight is 347 g/mol. The van der Waals surface area contributed by atoms with Crippen molar-refractivity contribution in [2.24, 2.45) is 0 Å². The summed E-state index contributed by atoms with van der Waals surface area (Å²) in [6.07, 6.45) is 2.02. The fourth-order valence-electron chi connectivity index (χ4n) is 2.10. The number of hydrogen-bond acceptors (Lipinski definition) is 3. The predicted octanol–water partition coefficient (Wildman–Crippen LogP) is 4.24. The number of fused-ring (bicyclic) bond motifs is 1. The smallest absolute Gasteiger partial charge is 0.230 e. The molecule has 0 spiro atoms. The molecule has 0 aliphatic carbocycles. The van der Waals surface area contributed by atoms with E-state index in [-0.39, 0.29) is 5.91 Å². The second kappa shape index (κ2) is 5.73. The molecular weight excluding hydrogens is 336 g/mol. The lowest BCUT2D eigenvalue weighted by molar-refractivity contribution is -0.115. The van der Waals surface area contributed by atoms with E-state index in [1.54, 1.807) is 6.20 Å². The van der Waals surface area contributed by atoms with E-state index in [2.05, 4.69) is 38.4 Å². The van der Waals surface area contributed by atoms with E-state index in [0.29, 0.717) is 11.6 Å². The van der Waals surface area contributed by atoms with Gasteiger partial charge in [0.15, 0.2) is 5.13 Å². The number of anilines is 1. The van der Waals surface area contributed by atoms with Gasteiger partial charge in [0.1, 0.15) is 0 Å². The van der Waals surface area contributed by atoms with Gasteiger partial charge in [-0.3, -0.25) is 4.79 Å². The van der Waals surface area contributed by atoms with E-state index >= 15 is 0 Å². The first kappa shape index (κ1) is 13.3. The Morgan fingerprint density at radius 2 is 2.00 bits per heavy atom. The molecule has 0 aliphatic heterocycles. The number of nitrogens with one attached hydrogen (secondary N) is 1. The number of hydrogen-bond donors (Lipinski definition) is 1. The van der Waals surface area contributed by atoms with Crippen molar-refractivity contribution in [3.05, 3.63) is 58.0 Å². The highest BCUT2D eigenvalue weighted by molar-refractivity contribution is 9.11. The minimum absolute atomic E-state index is 0.0526. The maximum atomic E-state index is 12.1. The SMILES string of the molecule is O=C(Cc1cccc2ccccc12)Nc1ncc(Br)s1. The van der Waals surface area contributed by atoms with Crippen molar-refractivity contribution in [1.29, 1.82) is 0 Å². The molecule has 3 nitrogen and oxygen atoms in total. The summed E-state index contributed by atoms with van der Waals surface area (Å²) in [5, 5.41) is 5.69. The molecule has 0 fully saturated rings. The van der Waals surface area contributed by atoms with Crippen LogP contribution in [0.3, 0.4) is 0 Å². The molecule has 2 aromatic carbocycles. The molecule has 0 aliphatic rings. The predicted molar refractivity (Wildman–Crippen MR) is 86.1 cm³/mol. The van der Waals surface area contributed by atoms with Gasteiger partial charge in [-0.2, -0.15) is 0 Å². The minimum atomic E-state index is -0.0526. The van der Waals surface area contributed by atoms with E-state index < -0.39 is 0 Å². The van der Waals surface area contributed by atoms with E-state index in [0.717, 1.165) is 20.1 Å². The highest BCUT2D eigenvalue weighted by Gasteiger charge is 2.09. The summed E-state index contributed by atoms with van der Waals surface area (Å²) in [4.78, 5) is 16.2. The van der Waals surface area contributed by atoms with Gasteiger partial charge in [0.25, 0.3) is 0 Å². The third kappa shape index (κ3) is 2.89. The molecule has 3 aromatic rings. The molecule has 1 heterocycles. The maximum absolute atomic E-state index is 12.1. The van der Waals surface area contributed by atoms with Crippen LogP contribution < -0.4 is 5.32 Å². The van der Waals surface area contributed by atoms with Crippen LogP contribution in [-0.2, 0) is 11.2 Å².